The summed E-state index contributed by atoms with van der Waals surface area (Å²) in [6.07, 6.45) is 2.83. The normalized spacial score (nSPS) is 11.5. The van der Waals surface area contributed by atoms with Crippen LogP contribution in [0.5, 0.6) is 0 Å². The molecule has 0 unspecified atom stereocenters. The van der Waals surface area contributed by atoms with Crippen molar-refractivity contribution in [3.8, 4) is 0 Å². The SMILES string of the molecule is CC(C)(C(N)=O)n1cncn1. The second-order valence-corrected chi connectivity index (χ2v) is 2.76. The Morgan fingerprint density at radius 3 is 2.64 bits per heavy atom. The lowest BCUT2D eigenvalue weighted by Gasteiger charge is -2.19. The second-order valence-electron chi connectivity index (χ2n) is 2.76. The lowest BCUT2D eigenvalue weighted by Crippen LogP contribution is -2.41. The van der Waals surface area contributed by atoms with Crippen molar-refractivity contribution in [3.63, 3.8) is 0 Å². The van der Waals surface area contributed by atoms with Crippen molar-refractivity contribution in [2.75, 3.05) is 0 Å². The van der Waals surface area contributed by atoms with Crippen molar-refractivity contribution in [3.05, 3.63) is 12.7 Å². The zero-order valence-corrected chi connectivity index (χ0v) is 6.48. The maximum atomic E-state index is 10.9. The van der Waals surface area contributed by atoms with Gasteiger partial charge in [0.05, 0.1) is 0 Å². The van der Waals surface area contributed by atoms with Gasteiger partial charge in [-0.25, -0.2) is 9.67 Å². The summed E-state index contributed by atoms with van der Waals surface area (Å²) in [6.45, 7) is 3.37. The van der Waals surface area contributed by atoms with Crippen LogP contribution >= 0.6 is 0 Å². The molecule has 0 atom stereocenters. The van der Waals surface area contributed by atoms with Gasteiger partial charge in [0.1, 0.15) is 18.2 Å². The number of rotatable bonds is 2. The second kappa shape index (κ2) is 2.34. The van der Waals surface area contributed by atoms with Gasteiger partial charge in [-0.3, -0.25) is 4.79 Å². The molecule has 1 heterocycles. The Bertz CT molecular complexity index is 252. The number of aromatic nitrogens is 3. The minimum atomic E-state index is -0.795. The molecule has 1 amide bonds. The molecule has 0 radical (unpaired) electrons. The molecule has 11 heavy (non-hydrogen) atoms. The first kappa shape index (κ1) is 7.71. The number of hydrogen-bond acceptors (Lipinski definition) is 3. The lowest BCUT2D eigenvalue weighted by atomic mass is 10.1. The van der Waals surface area contributed by atoms with Crippen molar-refractivity contribution in [2.24, 2.45) is 5.73 Å². The fraction of sp³-hybridized carbons (Fsp3) is 0.500. The third-order valence-electron chi connectivity index (χ3n) is 1.59. The summed E-state index contributed by atoms with van der Waals surface area (Å²) < 4.78 is 1.43. The maximum Gasteiger partial charge on any atom is 0.244 e. The topological polar surface area (TPSA) is 73.8 Å². The van der Waals surface area contributed by atoms with E-state index in [1.165, 1.54) is 17.3 Å². The quantitative estimate of drug-likeness (QED) is 0.624. The Labute approximate surface area is 64.2 Å². The largest absolute Gasteiger partial charge is 0.368 e. The zero-order valence-electron chi connectivity index (χ0n) is 6.48. The Balaban J connectivity index is 3.00. The van der Waals surface area contributed by atoms with Crippen LogP contribution in [0.1, 0.15) is 13.8 Å². The first-order chi connectivity index (χ1) is 5.05. The highest BCUT2D eigenvalue weighted by molar-refractivity contribution is 5.81. The van der Waals surface area contributed by atoms with E-state index in [2.05, 4.69) is 10.1 Å². The van der Waals surface area contributed by atoms with E-state index in [0.29, 0.717) is 0 Å². The minimum Gasteiger partial charge on any atom is -0.368 e. The molecule has 0 bridgehead atoms. The summed E-state index contributed by atoms with van der Waals surface area (Å²) >= 11 is 0. The molecule has 0 saturated carbocycles. The molecule has 60 valence electrons. The molecule has 1 rings (SSSR count). The molecule has 0 aliphatic rings. The van der Waals surface area contributed by atoms with Crippen LogP contribution in [0.2, 0.25) is 0 Å². The molecule has 0 aromatic carbocycles. The fourth-order valence-corrected chi connectivity index (χ4v) is 0.610. The smallest absolute Gasteiger partial charge is 0.244 e. The number of primary amides is 1. The van der Waals surface area contributed by atoms with Gasteiger partial charge in [-0.2, -0.15) is 5.10 Å². The summed E-state index contributed by atoms with van der Waals surface area (Å²) in [4.78, 5) is 14.6. The summed E-state index contributed by atoms with van der Waals surface area (Å²) in [6, 6.07) is 0. The van der Waals surface area contributed by atoms with Gasteiger partial charge in [-0.15, -0.1) is 0 Å². The number of hydrogen-bond donors (Lipinski definition) is 1. The number of carbonyl (C=O) groups is 1. The highest BCUT2D eigenvalue weighted by atomic mass is 16.1. The van der Waals surface area contributed by atoms with Gasteiger partial charge in [0, 0.05) is 0 Å². The van der Waals surface area contributed by atoms with E-state index in [1.807, 2.05) is 0 Å². The van der Waals surface area contributed by atoms with E-state index in [9.17, 15) is 4.79 Å². The van der Waals surface area contributed by atoms with Crippen molar-refractivity contribution >= 4 is 5.91 Å². The van der Waals surface area contributed by atoms with Gasteiger partial charge >= 0.3 is 0 Å². The summed E-state index contributed by atoms with van der Waals surface area (Å²) in [5.41, 5.74) is 4.34. The monoisotopic (exact) mass is 154 g/mol. The Kier molecular flexibility index (Phi) is 1.64. The van der Waals surface area contributed by atoms with Gasteiger partial charge in [0.25, 0.3) is 0 Å². The predicted molar refractivity (Wildman–Crippen MR) is 38.5 cm³/mol. The minimum absolute atomic E-state index is 0.428. The molecule has 0 aliphatic heterocycles. The predicted octanol–water partition coefficient (Wildman–Crippen LogP) is -0.502. The van der Waals surface area contributed by atoms with E-state index in [-0.39, 0.29) is 0 Å². The van der Waals surface area contributed by atoms with E-state index >= 15 is 0 Å². The third-order valence-corrected chi connectivity index (χ3v) is 1.59. The highest BCUT2D eigenvalue weighted by Crippen LogP contribution is 2.10. The van der Waals surface area contributed by atoms with Crippen molar-refractivity contribution in [1.82, 2.24) is 14.8 Å². The Hall–Kier alpha value is -1.39. The van der Waals surface area contributed by atoms with Crippen LogP contribution in [-0.4, -0.2) is 20.7 Å². The summed E-state index contributed by atoms with van der Waals surface area (Å²) in [7, 11) is 0. The summed E-state index contributed by atoms with van der Waals surface area (Å²) in [5.74, 6) is -0.428. The zero-order chi connectivity index (χ0) is 8.48. The van der Waals surface area contributed by atoms with Crippen molar-refractivity contribution in [2.45, 2.75) is 19.4 Å². The molecule has 0 saturated heterocycles. The molecule has 1 aromatic rings. The first-order valence-corrected chi connectivity index (χ1v) is 3.20. The molecular weight excluding hydrogens is 144 g/mol. The van der Waals surface area contributed by atoms with E-state index in [1.54, 1.807) is 13.8 Å². The van der Waals surface area contributed by atoms with Crippen molar-refractivity contribution in [1.29, 1.82) is 0 Å². The van der Waals surface area contributed by atoms with Gasteiger partial charge in [-0.1, -0.05) is 0 Å². The molecular formula is C6H10N4O. The van der Waals surface area contributed by atoms with Gasteiger partial charge < -0.3 is 5.73 Å². The molecule has 0 fully saturated rings. The van der Waals surface area contributed by atoms with E-state index in [4.69, 9.17) is 5.73 Å². The number of amides is 1. The molecule has 0 spiro atoms. The van der Waals surface area contributed by atoms with Crippen LogP contribution in [0.25, 0.3) is 0 Å². The number of nitrogens with two attached hydrogens (primary N) is 1. The van der Waals surface area contributed by atoms with Crippen LogP contribution in [0.4, 0.5) is 0 Å². The van der Waals surface area contributed by atoms with Gasteiger partial charge in [-0.05, 0) is 13.8 Å². The highest BCUT2D eigenvalue weighted by Gasteiger charge is 2.27. The fourth-order valence-electron chi connectivity index (χ4n) is 0.610. The molecule has 2 N–H and O–H groups in total. The Morgan fingerprint density at radius 1 is 1.64 bits per heavy atom. The molecule has 5 heteroatoms. The average Bonchev–Trinajstić information content (AvgIpc) is 2.37. The number of carbonyl (C=O) groups excluding carboxylic acids is 1. The first-order valence-electron chi connectivity index (χ1n) is 3.20. The van der Waals surface area contributed by atoms with Gasteiger partial charge in [0.2, 0.25) is 5.91 Å². The standard InChI is InChI=1S/C6H10N4O/c1-6(2,5(7)11)10-4-8-3-9-10/h3-4H,1-2H3,(H2,7,11). The molecule has 0 aliphatic carbocycles. The average molecular weight is 154 g/mol. The Morgan fingerprint density at radius 2 is 2.27 bits per heavy atom. The van der Waals surface area contributed by atoms with E-state index < -0.39 is 11.4 Å². The lowest BCUT2D eigenvalue weighted by molar-refractivity contribution is -0.125. The van der Waals surface area contributed by atoms with Crippen LogP contribution in [0.3, 0.4) is 0 Å². The van der Waals surface area contributed by atoms with E-state index in [0.717, 1.165) is 0 Å². The molecule has 1 aromatic heterocycles. The number of nitrogens with zero attached hydrogens (tertiary/aromatic N) is 3. The van der Waals surface area contributed by atoms with Crippen molar-refractivity contribution < 1.29 is 4.79 Å². The molecule has 5 nitrogen and oxygen atoms in total. The maximum absolute atomic E-state index is 10.9. The van der Waals surface area contributed by atoms with Crippen LogP contribution in [0, 0.1) is 0 Å². The third kappa shape index (κ3) is 1.21. The van der Waals surface area contributed by atoms with Crippen LogP contribution < -0.4 is 5.73 Å². The summed E-state index contributed by atoms with van der Waals surface area (Å²) in [5, 5.41) is 3.81. The van der Waals surface area contributed by atoms with Crippen LogP contribution in [0.15, 0.2) is 12.7 Å². The van der Waals surface area contributed by atoms with Gasteiger partial charge in [0.15, 0.2) is 0 Å². The van der Waals surface area contributed by atoms with Crippen LogP contribution in [-0.2, 0) is 10.3 Å².